The lowest BCUT2D eigenvalue weighted by Gasteiger charge is -2.45. The number of aryl methyl sites for hydroxylation is 2. The van der Waals surface area contributed by atoms with E-state index >= 15 is 4.39 Å². The monoisotopic (exact) mass is 432 g/mol. The van der Waals surface area contributed by atoms with Crippen molar-refractivity contribution in [2.75, 3.05) is 0 Å². The summed E-state index contributed by atoms with van der Waals surface area (Å²) in [6, 6.07) is 29.5. The smallest absolute Gasteiger partial charge is 0.127 e. The average Bonchev–Trinajstić information content (AvgIpc) is 2.85. The van der Waals surface area contributed by atoms with Gasteiger partial charge in [0, 0.05) is 11.0 Å². The Morgan fingerprint density at radius 2 is 1.45 bits per heavy atom. The van der Waals surface area contributed by atoms with Crippen molar-refractivity contribution in [1.82, 2.24) is 0 Å². The molecule has 1 heteroatoms. The highest BCUT2D eigenvalue weighted by Gasteiger charge is 2.45. The molecule has 2 atom stereocenters. The van der Waals surface area contributed by atoms with Gasteiger partial charge in [0.25, 0.3) is 0 Å². The summed E-state index contributed by atoms with van der Waals surface area (Å²) in [7, 11) is 0. The molecule has 0 aliphatic heterocycles. The standard InChI is InChI=1S/C32H29F/c1-21-9-3-6-12-27(21)32(28-13-7-8-14-30(28)33)20-19-22(2)31-26-16-15-23-10-4-5-11-24(23)25(26)17-18-29(31)32/h3-14,17-18,22H,15-16,19-20H2,1-2H3. The largest absolute Gasteiger partial charge is 0.207 e. The summed E-state index contributed by atoms with van der Waals surface area (Å²) in [4.78, 5) is 0. The molecule has 33 heavy (non-hydrogen) atoms. The van der Waals surface area contributed by atoms with E-state index in [0.717, 1.165) is 31.2 Å². The third-order valence-electron chi connectivity index (χ3n) is 8.15. The molecular formula is C32H29F. The fraction of sp³-hybridized carbons (Fsp3) is 0.250. The Hall–Kier alpha value is -3.19. The minimum absolute atomic E-state index is 0.107. The van der Waals surface area contributed by atoms with Gasteiger partial charge in [-0.2, -0.15) is 0 Å². The molecule has 2 aliphatic rings. The fourth-order valence-corrected chi connectivity index (χ4v) is 6.66. The Kier molecular flexibility index (Phi) is 4.76. The van der Waals surface area contributed by atoms with Gasteiger partial charge in [-0.05, 0) is 89.1 Å². The van der Waals surface area contributed by atoms with E-state index in [9.17, 15) is 0 Å². The molecule has 0 aromatic heterocycles. The van der Waals surface area contributed by atoms with Gasteiger partial charge in [0.2, 0.25) is 0 Å². The third-order valence-corrected chi connectivity index (χ3v) is 8.15. The highest BCUT2D eigenvalue weighted by atomic mass is 19.1. The summed E-state index contributed by atoms with van der Waals surface area (Å²) >= 11 is 0. The first-order valence-electron chi connectivity index (χ1n) is 12.2. The first kappa shape index (κ1) is 20.4. The Balaban J connectivity index is 1.70. The summed E-state index contributed by atoms with van der Waals surface area (Å²) in [5, 5.41) is 0. The van der Waals surface area contributed by atoms with Crippen molar-refractivity contribution in [1.29, 1.82) is 0 Å². The zero-order valence-electron chi connectivity index (χ0n) is 19.4. The molecule has 2 aliphatic carbocycles. The second-order valence-corrected chi connectivity index (χ2v) is 9.85. The quantitative estimate of drug-likeness (QED) is 0.300. The second-order valence-electron chi connectivity index (χ2n) is 9.85. The summed E-state index contributed by atoms with van der Waals surface area (Å²) in [5.74, 6) is 0.355. The maximum Gasteiger partial charge on any atom is 0.127 e. The van der Waals surface area contributed by atoms with Crippen LogP contribution in [0.25, 0.3) is 11.1 Å². The molecule has 2 unspecified atom stereocenters. The van der Waals surface area contributed by atoms with E-state index in [-0.39, 0.29) is 5.82 Å². The van der Waals surface area contributed by atoms with Crippen LogP contribution in [0, 0.1) is 12.7 Å². The molecule has 0 radical (unpaired) electrons. The lowest BCUT2D eigenvalue weighted by molar-refractivity contribution is 0.435. The molecule has 4 aromatic carbocycles. The van der Waals surface area contributed by atoms with Crippen molar-refractivity contribution >= 4 is 0 Å². The van der Waals surface area contributed by atoms with Gasteiger partial charge in [-0.25, -0.2) is 4.39 Å². The number of benzene rings is 4. The topological polar surface area (TPSA) is 0 Å². The SMILES string of the molecule is Cc1ccccc1C1(c2ccccc2F)CCC(C)c2c1ccc1c2CCc2ccccc2-1. The molecule has 0 N–H and O–H groups in total. The molecule has 6 rings (SSSR count). The summed E-state index contributed by atoms with van der Waals surface area (Å²) < 4.78 is 15.6. The number of rotatable bonds is 2. The Morgan fingerprint density at radius 1 is 0.727 bits per heavy atom. The molecule has 0 fully saturated rings. The van der Waals surface area contributed by atoms with Crippen LogP contribution in [0.15, 0.2) is 84.9 Å². The molecule has 0 bridgehead atoms. The van der Waals surface area contributed by atoms with E-state index in [1.165, 1.54) is 44.5 Å². The number of hydrogen-bond donors (Lipinski definition) is 0. The number of fused-ring (bicyclic) bond motifs is 5. The second kappa shape index (κ2) is 7.70. The van der Waals surface area contributed by atoms with Crippen LogP contribution in [0.3, 0.4) is 0 Å². The maximum atomic E-state index is 15.6. The molecule has 164 valence electrons. The lowest BCUT2D eigenvalue weighted by Crippen LogP contribution is -2.37. The zero-order chi connectivity index (χ0) is 22.6. The molecule has 0 saturated heterocycles. The Labute approximate surface area is 196 Å². The lowest BCUT2D eigenvalue weighted by atomic mass is 9.58. The van der Waals surface area contributed by atoms with Crippen LogP contribution in [0.5, 0.6) is 0 Å². The molecule has 0 heterocycles. The first-order chi connectivity index (χ1) is 16.1. The third kappa shape index (κ3) is 2.95. The van der Waals surface area contributed by atoms with E-state index < -0.39 is 5.41 Å². The average molecular weight is 433 g/mol. The predicted molar refractivity (Wildman–Crippen MR) is 134 cm³/mol. The van der Waals surface area contributed by atoms with Crippen molar-refractivity contribution < 1.29 is 4.39 Å². The Bertz CT molecular complexity index is 1320. The number of halogens is 1. The zero-order valence-corrected chi connectivity index (χ0v) is 19.4. The van der Waals surface area contributed by atoms with Gasteiger partial charge in [0.1, 0.15) is 5.82 Å². The molecule has 4 aromatic rings. The highest BCUT2D eigenvalue weighted by molar-refractivity contribution is 5.76. The Morgan fingerprint density at radius 3 is 2.27 bits per heavy atom. The number of hydrogen-bond acceptors (Lipinski definition) is 0. The minimum atomic E-state index is -0.468. The predicted octanol–water partition coefficient (Wildman–Crippen LogP) is 8.13. The van der Waals surface area contributed by atoms with Crippen molar-refractivity contribution in [3.8, 4) is 11.1 Å². The van der Waals surface area contributed by atoms with Gasteiger partial charge in [0.05, 0.1) is 0 Å². The van der Waals surface area contributed by atoms with Crippen molar-refractivity contribution in [3.05, 3.63) is 130 Å². The van der Waals surface area contributed by atoms with E-state index in [1.54, 1.807) is 12.1 Å². The van der Waals surface area contributed by atoms with Gasteiger partial charge in [-0.1, -0.05) is 85.8 Å². The summed E-state index contributed by atoms with van der Waals surface area (Å²) in [6.07, 6.45) is 4.10. The van der Waals surface area contributed by atoms with Gasteiger partial charge in [0.15, 0.2) is 0 Å². The van der Waals surface area contributed by atoms with Crippen LogP contribution < -0.4 is 0 Å². The minimum Gasteiger partial charge on any atom is -0.207 e. The van der Waals surface area contributed by atoms with E-state index in [1.807, 2.05) is 12.1 Å². The van der Waals surface area contributed by atoms with E-state index in [2.05, 4.69) is 74.5 Å². The van der Waals surface area contributed by atoms with E-state index in [0.29, 0.717) is 5.92 Å². The van der Waals surface area contributed by atoms with Crippen molar-refractivity contribution in [2.24, 2.45) is 0 Å². The van der Waals surface area contributed by atoms with Crippen LogP contribution in [0.2, 0.25) is 0 Å². The highest BCUT2D eigenvalue weighted by Crippen LogP contribution is 2.54. The fourth-order valence-electron chi connectivity index (χ4n) is 6.66. The first-order valence-corrected chi connectivity index (χ1v) is 12.2. The summed E-state index contributed by atoms with van der Waals surface area (Å²) in [6.45, 7) is 4.53. The molecule has 0 amide bonds. The van der Waals surface area contributed by atoms with Crippen molar-refractivity contribution in [3.63, 3.8) is 0 Å². The van der Waals surface area contributed by atoms with E-state index in [4.69, 9.17) is 0 Å². The van der Waals surface area contributed by atoms with Crippen LogP contribution in [-0.2, 0) is 18.3 Å². The maximum absolute atomic E-state index is 15.6. The van der Waals surface area contributed by atoms with Gasteiger partial charge in [-0.15, -0.1) is 0 Å². The summed E-state index contributed by atoms with van der Waals surface area (Å²) in [5.41, 5.74) is 11.2. The van der Waals surface area contributed by atoms with Crippen LogP contribution >= 0.6 is 0 Å². The van der Waals surface area contributed by atoms with Gasteiger partial charge >= 0.3 is 0 Å². The molecule has 0 saturated carbocycles. The van der Waals surface area contributed by atoms with Crippen LogP contribution in [-0.4, -0.2) is 0 Å². The normalized spacial score (nSPS) is 21.1. The van der Waals surface area contributed by atoms with Crippen LogP contribution in [0.1, 0.15) is 64.6 Å². The van der Waals surface area contributed by atoms with Crippen LogP contribution in [0.4, 0.5) is 4.39 Å². The van der Waals surface area contributed by atoms with Gasteiger partial charge < -0.3 is 0 Å². The van der Waals surface area contributed by atoms with Crippen molar-refractivity contribution in [2.45, 2.75) is 50.9 Å². The molecule has 0 spiro atoms. The molecule has 0 nitrogen and oxygen atoms in total. The van der Waals surface area contributed by atoms with Gasteiger partial charge in [-0.3, -0.25) is 0 Å². The molecular weight excluding hydrogens is 403 g/mol.